The highest BCUT2D eigenvalue weighted by molar-refractivity contribution is 7.53. The Morgan fingerprint density at radius 1 is 1.41 bits per heavy atom. The molecule has 4 unspecified atom stereocenters. The summed E-state index contributed by atoms with van der Waals surface area (Å²) in [5.41, 5.74) is -0.155. The lowest BCUT2D eigenvalue weighted by Crippen LogP contribution is -2.39. The molecular formula is C19H32NO8P. The van der Waals surface area contributed by atoms with Gasteiger partial charge in [-0.1, -0.05) is 13.8 Å². The van der Waals surface area contributed by atoms with Crippen LogP contribution in [-0.2, 0) is 18.6 Å². The van der Waals surface area contributed by atoms with Crippen molar-refractivity contribution in [1.82, 2.24) is 4.98 Å². The number of aliphatic hydroxyl groups is 2. The number of aryl methyl sites for hydroxylation is 1. The van der Waals surface area contributed by atoms with Crippen molar-refractivity contribution in [2.24, 2.45) is 0 Å². The van der Waals surface area contributed by atoms with E-state index in [2.05, 4.69) is 4.98 Å². The average Bonchev–Trinajstić information content (AvgIpc) is 2.97. The zero-order valence-electron chi connectivity index (χ0n) is 17.5. The van der Waals surface area contributed by atoms with Gasteiger partial charge >= 0.3 is 7.60 Å². The van der Waals surface area contributed by atoms with Crippen LogP contribution in [0, 0.1) is 6.92 Å². The van der Waals surface area contributed by atoms with Crippen molar-refractivity contribution < 1.29 is 33.7 Å². The Bertz CT molecular complexity index is 799. The lowest BCUT2D eigenvalue weighted by atomic mass is 9.92. The topological polar surface area (TPSA) is 138 Å². The third-order valence-corrected chi connectivity index (χ3v) is 7.34. The molecule has 0 amide bonds. The van der Waals surface area contributed by atoms with Gasteiger partial charge in [0.05, 0.1) is 11.7 Å². The summed E-state index contributed by atoms with van der Waals surface area (Å²) in [7, 11) is -2.80. The number of aromatic amines is 1. The van der Waals surface area contributed by atoms with Crippen LogP contribution in [0.3, 0.4) is 0 Å². The normalized spacial score (nSPS) is 29.9. The molecule has 0 aromatic carbocycles. The zero-order chi connectivity index (χ0) is 22.0. The van der Waals surface area contributed by atoms with Gasteiger partial charge in [-0.25, -0.2) is 0 Å². The van der Waals surface area contributed by atoms with Crippen molar-refractivity contribution in [3.63, 3.8) is 0 Å². The fourth-order valence-electron chi connectivity index (χ4n) is 3.50. The van der Waals surface area contributed by atoms with Gasteiger partial charge in [-0.2, -0.15) is 0 Å². The summed E-state index contributed by atoms with van der Waals surface area (Å²) in [6.45, 7) is 6.70. The number of H-pyrrole nitrogens is 1. The summed E-state index contributed by atoms with van der Waals surface area (Å²) in [6, 6.07) is 1.68. The average molecular weight is 433 g/mol. The fraction of sp³-hybridized carbons (Fsp3) is 0.737. The van der Waals surface area contributed by atoms with E-state index in [1.54, 1.807) is 33.8 Å². The number of methoxy groups -OCH3 is 1. The quantitative estimate of drug-likeness (QED) is 0.434. The molecule has 1 aliphatic rings. The number of ether oxygens (including phenoxy) is 2. The van der Waals surface area contributed by atoms with E-state index in [0.717, 1.165) is 0 Å². The molecule has 1 saturated heterocycles. The first-order valence-corrected chi connectivity index (χ1v) is 11.4. The van der Waals surface area contributed by atoms with E-state index in [-0.39, 0.29) is 18.4 Å². The molecule has 166 valence electrons. The summed E-state index contributed by atoms with van der Waals surface area (Å²) in [6.07, 6.45) is -0.981. The molecule has 29 heavy (non-hydrogen) atoms. The standard InChI is InChI=1S/C19H32NO8P/c1-6-14(21)29(24,25)28-19(4,7-2)9-13-15(22)17(26-5)16(27-13)12-8-11(3)18(23)20-10-12/h8,10,13-17,21-22H,6-7,9H2,1-5H3,(H,20,23)(H,24,25)/t13-,14?,15?,16+,17+,19?/m1/s1. The first kappa shape index (κ1) is 24.2. The molecule has 0 aliphatic carbocycles. The van der Waals surface area contributed by atoms with Crippen LogP contribution in [0.1, 0.15) is 57.3 Å². The maximum absolute atomic E-state index is 12.4. The lowest BCUT2D eigenvalue weighted by molar-refractivity contribution is -0.0495. The van der Waals surface area contributed by atoms with E-state index < -0.39 is 43.5 Å². The first-order valence-electron chi connectivity index (χ1n) is 9.74. The molecule has 0 spiro atoms. The van der Waals surface area contributed by atoms with Gasteiger partial charge in [0, 0.05) is 30.9 Å². The molecule has 1 fully saturated rings. The Morgan fingerprint density at radius 2 is 2.07 bits per heavy atom. The lowest BCUT2D eigenvalue weighted by Gasteiger charge is -2.34. The zero-order valence-corrected chi connectivity index (χ0v) is 18.4. The summed E-state index contributed by atoms with van der Waals surface area (Å²) in [5, 5.41) is 20.6. The molecule has 9 nitrogen and oxygen atoms in total. The largest absolute Gasteiger partial charge is 0.388 e. The van der Waals surface area contributed by atoms with E-state index in [4.69, 9.17) is 14.0 Å². The van der Waals surface area contributed by atoms with Gasteiger partial charge in [0.2, 0.25) is 0 Å². The third-order valence-electron chi connectivity index (χ3n) is 5.52. The second-order valence-corrected chi connectivity index (χ2v) is 9.69. The molecule has 1 aromatic heterocycles. The van der Waals surface area contributed by atoms with E-state index in [0.29, 0.717) is 17.5 Å². The van der Waals surface area contributed by atoms with Gasteiger partial charge in [0.25, 0.3) is 5.56 Å². The molecule has 10 heteroatoms. The SMILES string of the molecule is CCC(O)P(=O)(O)OC(C)(CC)C[C@H]1O[C@@H](c2c[nH]c(=O)c(C)c2)[C@@H](OC)C1O. The monoisotopic (exact) mass is 433 g/mol. The van der Waals surface area contributed by atoms with Crippen LogP contribution < -0.4 is 5.56 Å². The van der Waals surface area contributed by atoms with Crippen molar-refractivity contribution >= 4 is 7.60 Å². The Labute approximate surface area is 170 Å². The highest BCUT2D eigenvalue weighted by atomic mass is 31.2. The molecule has 1 aromatic rings. The van der Waals surface area contributed by atoms with Crippen molar-refractivity contribution in [2.45, 2.75) is 82.8 Å². The maximum Gasteiger partial charge on any atom is 0.356 e. The predicted molar refractivity (Wildman–Crippen MR) is 107 cm³/mol. The minimum Gasteiger partial charge on any atom is -0.388 e. The van der Waals surface area contributed by atoms with Gasteiger partial charge < -0.3 is 34.1 Å². The van der Waals surface area contributed by atoms with Crippen LogP contribution in [0.4, 0.5) is 0 Å². The molecule has 0 saturated carbocycles. The van der Waals surface area contributed by atoms with Crippen molar-refractivity contribution in [3.8, 4) is 0 Å². The molecule has 2 rings (SSSR count). The summed E-state index contributed by atoms with van der Waals surface area (Å²) in [4.78, 5) is 24.4. The molecular weight excluding hydrogens is 401 g/mol. The van der Waals surface area contributed by atoms with Crippen molar-refractivity contribution in [2.75, 3.05) is 7.11 Å². The van der Waals surface area contributed by atoms with Crippen LogP contribution in [0.15, 0.2) is 17.1 Å². The number of hydrogen-bond acceptors (Lipinski definition) is 7. The highest BCUT2D eigenvalue weighted by Gasteiger charge is 2.48. The van der Waals surface area contributed by atoms with Gasteiger partial charge in [-0.3, -0.25) is 9.36 Å². The number of aromatic nitrogens is 1. The molecule has 4 N–H and O–H groups in total. The molecule has 7 atom stereocenters. The van der Waals surface area contributed by atoms with Crippen molar-refractivity contribution in [3.05, 3.63) is 33.7 Å². The second kappa shape index (κ2) is 9.39. The minimum absolute atomic E-state index is 0.0789. The van der Waals surface area contributed by atoms with Crippen LogP contribution in [0.2, 0.25) is 0 Å². The Kier molecular flexibility index (Phi) is 7.84. The molecule has 2 heterocycles. The second-order valence-electron chi connectivity index (χ2n) is 7.78. The van der Waals surface area contributed by atoms with E-state index in [9.17, 15) is 24.5 Å². The van der Waals surface area contributed by atoms with Gasteiger partial charge in [0.15, 0.2) is 5.85 Å². The van der Waals surface area contributed by atoms with Crippen molar-refractivity contribution in [1.29, 1.82) is 0 Å². The van der Waals surface area contributed by atoms with E-state index in [1.165, 1.54) is 13.3 Å². The highest BCUT2D eigenvalue weighted by Crippen LogP contribution is 2.53. The summed E-state index contributed by atoms with van der Waals surface area (Å²) >= 11 is 0. The fourth-order valence-corrected chi connectivity index (χ4v) is 4.92. The van der Waals surface area contributed by atoms with E-state index in [1.807, 2.05) is 0 Å². The smallest absolute Gasteiger partial charge is 0.356 e. The number of nitrogens with one attached hydrogen (secondary N) is 1. The minimum atomic E-state index is -4.26. The number of aliphatic hydroxyl groups excluding tert-OH is 2. The van der Waals surface area contributed by atoms with E-state index >= 15 is 0 Å². The van der Waals surface area contributed by atoms with Crippen LogP contribution >= 0.6 is 7.60 Å². The molecule has 0 bridgehead atoms. The molecule has 0 radical (unpaired) electrons. The van der Waals surface area contributed by atoms with Gasteiger partial charge in [0.1, 0.15) is 18.3 Å². The Hall–Kier alpha value is -1.06. The summed E-state index contributed by atoms with van der Waals surface area (Å²) < 4.78 is 29.3. The predicted octanol–water partition coefficient (Wildman–Crippen LogP) is 1.99. The number of hydrogen-bond donors (Lipinski definition) is 4. The molecule has 1 aliphatic heterocycles. The van der Waals surface area contributed by atoms with Gasteiger partial charge in [-0.05, 0) is 32.8 Å². The summed E-state index contributed by atoms with van der Waals surface area (Å²) in [5.74, 6) is -1.48. The Balaban J connectivity index is 2.24. The Morgan fingerprint density at radius 3 is 2.59 bits per heavy atom. The number of pyridine rings is 1. The van der Waals surface area contributed by atoms with Crippen LogP contribution in [0.25, 0.3) is 0 Å². The maximum atomic E-state index is 12.4. The third kappa shape index (κ3) is 5.35. The van der Waals surface area contributed by atoms with Gasteiger partial charge in [-0.15, -0.1) is 0 Å². The van der Waals surface area contributed by atoms with Crippen LogP contribution in [-0.4, -0.2) is 57.0 Å². The first-order chi connectivity index (χ1) is 13.5. The number of rotatable bonds is 9. The van der Waals surface area contributed by atoms with Crippen LogP contribution in [0.5, 0.6) is 0 Å².